The third-order valence-electron chi connectivity index (χ3n) is 4.12. The summed E-state index contributed by atoms with van der Waals surface area (Å²) in [7, 11) is 0. The van der Waals surface area contributed by atoms with Crippen LogP contribution in [0.25, 0.3) is 11.6 Å². The molecule has 116 valence electrons. The van der Waals surface area contributed by atoms with Gasteiger partial charge in [-0.25, -0.2) is 9.97 Å². The summed E-state index contributed by atoms with van der Waals surface area (Å²) in [4.78, 5) is 23.2. The zero-order valence-electron chi connectivity index (χ0n) is 12.4. The van der Waals surface area contributed by atoms with Gasteiger partial charge < -0.3 is 10.2 Å². The van der Waals surface area contributed by atoms with Gasteiger partial charge in [-0.15, -0.1) is 0 Å². The molecule has 4 rings (SSSR count). The average Bonchev–Trinajstić information content (AvgIpc) is 3.17. The number of hydrogen-bond acceptors (Lipinski definition) is 4. The van der Waals surface area contributed by atoms with Gasteiger partial charge in [0.2, 0.25) is 5.95 Å². The molecule has 1 saturated heterocycles. The van der Waals surface area contributed by atoms with Crippen molar-refractivity contribution < 1.29 is 4.79 Å². The van der Waals surface area contributed by atoms with Gasteiger partial charge in [0, 0.05) is 47.2 Å². The number of amides is 1. The van der Waals surface area contributed by atoms with E-state index in [4.69, 9.17) is 11.6 Å². The van der Waals surface area contributed by atoms with Crippen LogP contribution in [0.15, 0.2) is 30.6 Å². The molecule has 2 aromatic rings. The third-order valence-corrected chi connectivity index (χ3v) is 4.36. The summed E-state index contributed by atoms with van der Waals surface area (Å²) in [5, 5.41) is 3.42. The van der Waals surface area contributed by atoms with Crippen LogP contribution in [0.4, 0.5) is 11.6 Å². The summed E-state index contributed by atoms with van der Waals surface area (Å²) < 4.78 is 0. The molecule has 3 heterocycles. The van der Waals surface area contributed by atoms with Gasteiger partial charge in [-0.2, -0.15) is 0 Å². The van der Waals surface area contributed by atoms with Gasteiger partial charge in [0.15, 0.2) is 0 Å². The molecule has 0 spiro atoms. The largest absolute Gasteiger partial charge is 0.341 e. The Bertz CT molecular complexity index is 795. The highest BCUT2D eigenvalue weighted by Gasteiger charge is 2.24. The predicted molar refractivity (Wildman–Crippen MR) is 91.4 cm³/mol. The molecule has 0 unspecified atom stereocenters. The van der Waals surface area contributed by atoms with E-state index in [1.54, 1.807) is 24.5 Å². The van der Waals surface area contributed by atoms with E-state index < -0.39 is 0 Å². The van der Waals surface area contributed by atoms with Gasteiger partial charge in [0.1, 0.15) is 0 Å². The topological polar surface area (TPSA) is 58.1 Å². The molecule has 2 aliphatic rings. The molecule has 5 nitrogen and oxygen atoms in total. The molecule has 0 bridgehead atoms. The van der Waals surface area contributed by atoms with Crippen LogP contribution in [0, 0.1) is 0 Å². The molecule has 0 saturated carbocycles. The fraction of sp³-hybridized carbons (Fsp3) is 0.235. The number of fused-ring (bicyclic) bond motifs is 1. The molecule has 23 heavy (non-hydrogen) atoms. The Morgan fingerprint density at radius 3 is 2.65 bits per heavy atom. The summed E-state index contributed by atoms with van der Waals surface area (Å²) in [6.07, 6.45) is 7.70. The van der Waals surface area contributed by atoms with Crippen LogP contribution < -0.4 is 10.2 Å². The van der Waals surface area contributed by atoms with Crippen molar-refractivity contribution in [3.8, 4) is 0 Å². The standard InChI is InChI=1S/C17H15ClN4O/c18-12-3-4-13-14(16(23)21-15(13)8-12)7-11-9-19-17(20-10-11)22-5-1-2-6-22/h3-4,7-10H,1-2,5-6H2,(H,21,23). The Balaban J connectivity index is 1.64. The van der Waals surface area contributed by atoms with E-state index in [-0.39, 0.29) is 5.91 Å². The van der Waals surface area contributed by atoms with E-state index in [0.29, 0.717) is 10.6 Å². The Morgan fingerprint density at radius 2 is 1.91 bits per heavy atom. The third kappa shape index (κ3) is 2.68. The van der Waals surface area contributed by atoms with Gasteiger partial charge in [-0.3, -0.25) is 4.79 Å². The molecule has 1 fully saturated rings. The Morgan fingerprint density at radius 1 is 1.17 bits per heavy atom. The van der Waals surface area contributed by atoms with Gasteiger partial charge in [-0.05, 0) is 31.1 Å². The lowest BCUT2D eigenvalue weighted by Gasteiger charge is -2.14. The first-order valence-corrected chi connectivity index (χ1v) is 7.98. The molecular weight excluding hydrogens is 312 g/mol. The summed E-state index contributed by atoms with van der Waals surface area (Å²) in [5.74, 6) is 0.624. The molecular formula is C17H15ClN4O. The molecule has 1 aromatic heterocycles. The first-order chi connectivity index (χ1) is 11.2. The second-order valence-corrected chi connectivity index (χ2v) is 6.15. The number of halogens is 1. The minimum Gasteiger partial charge on any atom is -0.341 e. The number of rotatable bonds is 2. The number of anilines is 2. The number of benzene rings is 1. The van der Waals surface area contributed by atoms with Gasteiger partial charge in [0.25, 0.3) is 5.91 Å². The quantitative estimate of drug-likeness (QED) is 0.861. The van der Waals surface area contributed by atoms with Gasteiger partial charge in [0.05, 0.1) is 5.69 Å². The van der Waals surface area contributed by atoms with Gasteiger partial charge in [-0.1, -0.05) is 17.7 Å². The van der Waals surface area contributed by atoms with Crippen molar-refractivity contribution in [2.75, 3.05) is 23.3 Å². The maximum absolute atomic E-state index is 12.2. The van der Waals surface area contributed by atoms with Crippen molar-refractivity contribution >= 4 is 40.8 Å². The fourth-order valence-electron chi connectivity index (χ4n) is 2.96. The van der Waals surface area contributed by atoms with Crippen LogP contribution in [0.5, 0.6) is 0 Å². The molecule has 0 radical (unpaired) electrons. The second kappa shape index (κ2) is 5.66. The molecule has 2 aliphatic heterocycles. The molecule has 1 aromatic carbocycles. The number of carbonyl (C=O) groups is 1. The van der Waals surface area contributed by atoms with Crippen LogP contribution >= 0.6 is 11.6 Å². The van der Waals surface area contributed by atoms with Crippen LogP contribution in [-0.2, 0) is 4.79 Å². The smallest absolute Gasteiger partial charge is 0.256 e. The molecule has 6 heteroatoms. The van der Waals surface area contributed by atoms with E-state index >= 15 is 0 Å². The molecule has 1 amide bonds. The lowest BCUT2D eigenvalue weighted by atomic mass is 10.1. The highest BCUT2D eigenvalue weighted by Crippen LogP contribution is 2.34. The number of carbonyl (C=O) groups excluding carboxylic acids is 1. The second-order valence-electron chi connectivity index (χ2n) is 5.71. The first-order valence-electron chi connectivity index (χ1n) is 7.61. The highest BCUT2D eigenvalue weighted by molar-refractivity contribution is 6.36. The van der Waals surface area contributed by atoms with E-state index in [9.17, 15) is 4.79 Å². The number of nitrogens with zero attached hydrogens (tertiary/aromatic N) is 3. The summed E-state index contributed by atoms with van der Waals surface area (Å²) >= 11 is 5.96. The fourth-order valence-corrected chi connectivity index (χ4v) is 3.13. The van der Waals surface area contributed by atoms with E-state index in [2.05, 4.69) is 20.2 Å². The van der Waals surface area contributed by atoms with Crippen LogP contribution in [0.2, 0.25) is 5.02 Å². The van der Waals surface area contributed by atoms with E-state index in [1.165, 1.54) is 12.8 Å². The summed E-state index contributed by atoms with van der Waals surface area (Å²) in [5.41, 5.74) is 3.00. The van der Waals surface area contributed by atoms with Crippen molar-refractivity contribution in [1.82, 2.24) is 9.97 Å². The summed E-state index contributed by atoms with van der Waals surface area (Å²) in [6, 6.07) is 5.38. The van der Waals surface area contributed by atoms with E-state index in [1.807, 2.05) is 12.1 Å². The Kier molecular flexibility index (Phi) is 3.50. The first kappa shape index (κ1) is 14.2. The monoisotopic (exact) mass is 326 g/mol. The lowest BCUT2D eigenvalue weighted by Crippen LogP contribution is -2.20. The number of hydrogen-bond donors (Lipinski definition) is 1. The predicted octanol–water partition coefficient (Wildman–Crippen LogP) is 3.22. The minimum atomic E-state index is -0.133. The molecule has 1 N–H and O–H groups in total. The Hall–Kier alpha value is -2.40. The zero-order valence-corrected chi connectivity index (χ0v) is 13.2. The lowest BCUT2D eigenvalue weighted by molar-refractivity contribution is -0.110. The molecule has 0 aliphatic carbocycles. The van der Waals surface area contributed by atoms with Crippen molar-refractivity contribution in [3.05, 3.63) is 46.7 Å². The highest BCUT2D eigenvalue weighted by atomic mass is 35.5. The maximum atomic E-state index is 12.2. The van der Waals surface area contributed by atoms with Crippen LogP contribution in [-0.4, -0.2) is 29.0 Å². The number of aromatic nitrogens is 2. The van der Waals surface area contributed by atoms with Crippen molar-refractivity contribution in [2.45, 2.75) is 12.8 Å². The average molecular weight is 327 g/mol. The zero-order chi connectivity index (χ0) is 15.8. The SMILES string of the molecule is O=C1Nc2cc(Cl)ccc2C1=Cc1cnc(N2CCCC2)nc1. The Labute approximate surface area is 139 Å². The minimum absolute atomic E-state index is 0.133. The van der Waals surface area contributed by atoms with Crippen molar-refractivity contribution in [1.29, 1.82) is 0 Å². The molecule has 0 atom stereocenters. The maximum Gasteiger partial charge on any atom is 0.256 e. The van der Waals surface area contributed by atoms with Crippen LogP contribution in [0.1, 0.15) is 24.0 Å². The normalized spacial score (nSPS) is 18.4. The van der Waals surface area contributed by atoms with Crippen LogP contribution in [0.3, 0.4) is 0 Å². The van der Waals surface area contributed by atoms with Crippen molar-refractivity contribution in [2.24, 2.45) is 0 Å². The van der Waals surface area contributed by atoms with Gasteiger partial charge >= 0.3 is 0 Å². The number of nitrogens with one attached hydrogen (secondary N) is 1. The summed E-state index contributed by atoms with van der Waals surface area (Å²) in [6.45, 7) is 2.02. The van der Waals surface area contributed by atoms with Crippen molar-refractivity contribution in [3.63, 3.8) is 0 Å². The van der Waals surface area contributed by atoms with E-state index in [0.717, 1.165) is 35.9 Å².